The van der Waals surface area contributed by atoms with Gasteiger partial charge in [0, 0.05) is 17.1 Å². The molecule has 0 saturated heterocycles. The lowest BCUT2D eigenvalue weighted by Crippen LogP contribution is -2.42. The lowest BCUT2D eigenvalue weighted by Gasteiger charge is -2.28. The number of carbonyl (C=O) groups is 1. The van der Waals surface area contributed by atoms with Gasteiger partial charge in [0.25, 0.3) is 5.91 Å². The Balaban J connectivity index is 1.69. The normalized spacial score (nSPS) is 22.3. The maximum atomic E-state index is 11.8. The molecule has 0 aliphatic heterocycles. The molecule has 2 rings (SSSR count). The highest BCUT2D eigenvalue weighted by atomic mass is 35.5. The van der Waals surface area contributed by atoms with Crippen molar-refractivity contribution < 1.29 is 9.53 Å². The van der Waals surface area contributed by atoms with E-state index in [1.54, 1.807) is 24.3 Å². The molecule has 0 unspecified atom stereocenters. The van der Waals surface area contributed by atoms with Gasteiger partial charge in [0.2, 0.25) is 0 Å². The molecule has 4 nitrogen and oxygen atoms in total. The molecule has 0 heterocycles. The second kappa shape index (κ2) is 7.50. The van der Waals surface area contributed by atoms with Crippen molar-refractivity contribution in [3.63, 3.8) is 0 Å². The number of halogens is 1. The molecule has 20 heavy (non-hydrogen) atoms. The van der Waals surface area contributed by atoms with E-state index in [9.17, 15) is 4.79 Å². The second-order valence-corrected chi connectivity index (χ2v) is 5.58. The van der Waals surface area contributed by atoms with Crippen LogP contribution in [0.2, 0.25) is 5.02 Å². The third-order valence-corrected chi connectivity index (χ3v) is 3.94. The predicted molar refractivity (Wildman–Crippen MR) is 80.2 cm³/mol. The summed E-state index contributed by atoms with van der Waals surface area (Å²) in [6.07, 6.45) is 4.27. The fraction of sp³-hybridized carbons (Fsp3) is 0.533. The lowest BCUT2D eigenvalue weighted by molar-refractivity contribution is -0.124. The highest BCUT2D eigenvalue weighted by Gasteiger charge is 2.21. The Morgan fingerprint density at radius 3 is 2.40 bits per heavy atom. The summed E-state index contributed by atoms with van der Waals surface area (Å²) in [5, 5.41) is 6.96. The second-order valence-electron chi connectivity index (χ2n) is 5.15. The topological polar surface area (TPSA) is 50.4 Å². The number of nitrogens with one attached hydrogen (secondary N) is 2. The Morgan fingerprint density at radius 1 is 1.20 bits per heavy atom. The van der Waals surface area contributed by atoms with Crippen molar-refractivity contribution in [2.75, 3.05) is 13.7 Å². The Hall–Kier alpha value is -1.26. The zero-order valence-electron chi connectivity index (χ0n) is 11.7. The van der Waals surface area contributed by atoms with Crippen molar-refractivity contribution >= 4 is 17.5 Å². The molecule has 1 aliphatic carbocycles. The minimum atomic E-state index is -0.0622. The number of rotatable bonds is 5. The smallest absolute Gasteiger partial charge is 0.258 e. The molecular weight excluding hydrogens is 276 g/mol. The molecule has 1 saturated carbocycles. The fourth-order valence-electron chi connectivity index (χ4n) is 2.48. The van der Waals surface area contributed by atoms with Crippen LogP contribution in [0.1, 0.15) is 25.7 Å². The lowest BCUT2D eigenvalue weighted by atomic mass is 9.91. The van der Waals surface area contributed by atoms with E-state index < -0.39 is 0 Å². The summed E-state index contributed by atoms with van der Waals surface area (Å²) < 4.78 is 5.42. The summed E-state index contributed by atoms with van der Waals surface area (Å²) in [7, 11) is 1.99. The Morgan fingerprint density at radius 2 is 1.80 bits per heavy atom. The average Bonchev–Trinajstić information content (AvgIpc) is 2.47. The van der Waals surface area contributed by atoms with Gasteiger partial charge in [0.1, 0.15) is 5.75 Å². The Bertz CT molecular complexity index is 428. The van der Waals surface area contributed by atoms with Gasteiger partial charge in [0.05, 0.1) is 0 Å². The maximum Gasteiger partial charge on any atom is 0.258 e. The number of hydrogen-bond acceptors (Lipinski definition) is 3. The van der Waals surface area contributed by atoms with Crippen molar-refractivity contribution in [2.24, 2.45) is 0 Å². The van der Waals surface area contributed by atoms with Crippen LogP contribution in [0.4, 0.5) is 0 Å². The number of carbonyl (C=O) groups excluding carboxylic acids is 1. The fourth-order valence-corrected chi connectivity index (χ4v) is 2.60. The first kappa shape index (κ1) is 15.1. The van der Waals surface area contributed by atoms with E-state index in [2.05, 4.69) is 10.6 Å². The van der Waals surface area contributed by atoms with Crippen LogP contribution in [0.3, 0.4) is 0 Å². The van der Waals surface area contributed by atoms with E-state index in [1.807, 2.05) is 7.05 Å². The van der Waals surface area contributed by atoms with Crippen LogP contribution in [0, 0.1) is 0 Å². The van der Waals surface area contributed by atoms with Gasteiger partial charge in [-0.2, -0.15) is 0 Å². The van der Waals surface area contributed by atoms with Crippen LogP contribution in [-0.4, -0.2) is 31.6 Å². The van der Waals surface area contributed by atoms with E-state index in [0.717, 1.165) is 25.7 Å². The molecule has 110 valence electrons. The summed E-state index contributed by atoms with van der Waals surface area (Å²) in [6.45, 7) is 0.0492. The predicted octanol–water partition coefficient (Wildman–Crippen LogP) is 2.37. The van der Waals surface area contributed by atoms with Crippen molar-refractivity contribution in [1.29, 1.82) is 0 Å². The molecule has 1 aromatic rings. The Labute approximate surface area is 124 Å². The van der Waals surface area contributed by atoms with Crippen molar-refractivity contribution in [3.05, 3.63) is 29.3 Å². The first-order valence-corrected chi connectivity index (χ1v) is 7.40. The number of hydrogen-bond donors (Lipinski definition) is 2. The quantitative estimate of drug-likeness (QED) is 0.877. The van der Waals surface area contributed by atoms with Gasteiger partial charge in [0.15, 0.2) is 6.61 Å². The average molecular weight is 297 g/mol. The van der Waals surface area contributed by atoms with Crippen LogP contribution < -0.4 is 15.4 Å². The van der Waals surface area contributed by atoms with Gasteiger partial charge >= 0.3 is 0 Å². The van der Waals surface area contributed by atoms with Gasteiger partial charge < -0.3 is 15.4 Å². The Kier molecular flexibility index (Phi) is 5.68. The number of ether oxygens (including phenoxy) is 1. The largest absolute Gasteiger partial charge is 0.484 e. The third kappa shape index (κ3) is 4.69. The molecule has 0 bridgehead atoms. The summed E-state index contributed by atoms with van der Waals surface area (Å²) in [5.74, 6) is 0.594. The van der Waals surface area contributed by atoms with Crippen LogP contribution >= 0.6 is 11.6 Å². The van der Waals surface area contributed by atoms with Crippen LogP contribution in [0.25, 0.3) is 0 Å². The van der Waals surface area contributed by atoms with E-state index in [1.165, 1.54) is 0 Å². The van der Waals surface area contributed by atoms with Crippen molar-refractivity contribution in [3.8, 4) is 5.75 Å². The molecule has 1 aromatic carbocycles. The van der Waals surface area contributed by atoms with Gasteiger partial charge in [-0.15, -0.1) is 0 Å². The summed E-state index contributed by atoms with van der Waals surface area (Å²) in [4.78, 5) is 11.8. The first-order valence-electron chi connectivity index (χ1n) is 7.02. The van der Waals surface area contributed by atoms with Gasteiger partial charge in [-0.25, -0.2) is 0 Å². The number of amides is 1. The molecule has 0 atom stereocenters. The van der Waals surface area contributed by atoms with Gasteiger partial charge in [-0.1, -0.05) is 11.6 Å². The molecule has 0 aromatic heterocycles. The summed E-state index contributed by atoms with van der Waals surface area (Å²) >= 11 is 5.79. The van der Waals surface area contributed by atoms with E-state index >= 15 is 0 Å². The molecule has 5 heteroatoms. The van der Waals surface area contributed by atoms with Crippen LogP contribution in [0.15, 0.2) is 24.3 Å². The van der Waals surface area contributed by atoms with E-state index in [4.69, 9.17) is 16.3 Å². The molecule has 1 aliphatic rings. The highest BCUT2D eigenvalue weighted by molar-refractivity contribution is 6.30. The molecule has 1 amide bonds. The van der Waals surface area contributed by atoms with E-state index in [0.29, 0.717) is 16.8 Å². The van der Waals surface area contributed by atoms with Crippen molar-refractivity contribution in [1.82, 2.24) is 10.6 Å². The maximum absolute atomic E-state index is 11.8. The monoisotopic (exact) mass is 296 g/mol. The summed E-state index contributed by atoms with van der Waals surface area (Å²) in [6, 6.07) is 7.87. The molecular formula is C15H21ClN2O2. The zero-order valence-corrected chi connectivity index (χ0v) is 12.5. The third-order valence-electron chi connectivity index (χ3n) is 3.68. The van der Waals surface area contributed by atoms with E-state index in [-0.39, 0.29) is 18.6 Å². The molecule has 0 spiro atoms. The molecule has 0 radical (unpaired) electrons. The number of benzene rings is 1. The minimum absolute atomic E-state index is 0.0492. The van der Waals surface area contributed by atoms with Crippen LogP contribution in [0.5, 0.6) is 5.75 Å². The first-order chi connectivity index (χ1) is 9.67. The molecule has 1 fully saturated rings. The SMILES string of the molecule is CNC1CCC(NC(=O)COc2ccc(Cl)cc2)CC1. The van der Waals surface area contributed by atoms with Gasteiger partial charge in [-0.05, 0) is 57.0 Å². The van der Waals surface area contributed by atoms with Crippen LogP contribution in [-0.2, 0) is 4.79 Å². The van der Waals surface area contributed by atoms with Gasteiger partial charge in [-0.3, -0.25) is 4.79 Å². The molecule has 2 N–H and O–H groups in total. The zero-order chi connectivity index (χ0) is 14.4. The minimum Gasteiger partial charge on any atom is -0.484 e. The van der Waals surface area contributed by atoms with Crippen molar-refractivity contribution in [2.45, 2.75) is 37.8 Å². The summed E-state index contributed by atoms with van der Waals surface area (Å²) in [5.41, 5.74) is 0. The standard InChI is InChI=1S/C15H21ClN2O2/c1-17-12-4-6-13(7-5-12)18-15(19)10-20-14-8-2-11(16)3-9-14/h2-3,8-9,12-13,17H,4-7,10H2,1H3,(H,18,19). The highest BCUT2D eigenvalue weighted by Crippen LogP contribution is 2.18.